The summed E-state index contributed by atoms with van der Waals surface area (Å²) in [6, 6.07) is 6.98. The third-order valence-electron chi connectivity index (χ3n) is 3.59. The normalized spacial score (nSPS) is 10.7. The van der Waals surface area contributed by atoms with Crippen LogP contribution in [-0.2, 0) is 6.54 Å². The Balaban J connectivity index is 2.23. The average molecular weight is 392 g/mol. The minimum absolute atomic E-state index is 0.311. The molecule has 0 aliphatic heterocycles. The third-order valence-corrected chi connectivity index (χ3v) is 3.87. The molecular formula is C20H26ClN3O3. The number of hydrogen-bond donors (Lipinski definition) is 1. The summed E-state index contributed by atoms with van der Waals surface area (Å²) >= 11 is 6.33. The summed E-state index contributed by atoms with van der Waals surface area (Å²) in [5, 5.41) is 3.15. The van der Waals surface area contributed by atoms with Crippen molar-refractivity contribution in [1.82, 2.24) is 9.88 Å². The molecule has 1 N–H and O–H groups in total. The van der Waals surface area contributed by atoms with Gasteiger partial charge in [-0.1, -0.05) is 18.5 Å². The molecule has 0 radical (unpaired) electrons. The summed E-state index contributed by atoms with van der Waals surface area (Å²) in [5.74, 6) is 1.09. The smallest absolute Gasteiger partial charge is 0.257 e. The van der Waals surface area contributed by atoms with Gasteiger partial charge in [0.15, 0.2) is 11.5 Å². The summed E-state index contributed by atoms with van der Waals surface area (Å²) in [4.78, 5) is 18.9. The van der Waals surface area contributed by atoms with Gasteiger partial charge >= 0.3 is 0 Å². The number of pyridine rings is 1. The molecule has 0 aliphatic rings. The molecule has 6 nitrogen and oxygen atoms in total. The zero-order chi connectivity index (χ0) is 19.8. The molecule has 0 bridgehead atoms. The van der Waals surface area contributed by atoms with Crippen molar-refractivity contribution < 1.29 is 14.3 Å². The van der Waals surface area contributed by atoms with Crippen LogP contribution in [0.5, 0.6) is 11.5 Å². The van der Waals surface area contributed by atoms with Crippen LogP contribution in [0.3, 0.4) is 0 Å². The van der Waals surface area contributed by atoms with Crippen LogP contribution in [0.25, 0.3) is 0 Å². The van der Waals surface area contributed by atoms with Crippen LogP contribution in [0.2, 0.25) is 5.02 Å². The van der Waals surface area contributed by atoms with Gasteiger partial charge in [-0.05, 0) is 57.3 Å². The maximum absolute atomic E-state index is 12.7. The van der Waals surface area contributed by atoms with Gasteiger partial charge < -0.3 is 19.7 Å². The van der Waals surface area contributed by atoms with Crippen LogP contribution < -0.4 is 14.8 Å². The van der Waals surface area contributed by atoms with E-state index in [9.17, 15) is 4.79 Å². The lowest BCUT2D eigenvalue weighted by Crippen LogP contribution is -2.15. The van der Waals surface area contributed by atoms with Gasteiger partial charge in [0.25, 0.3) is 5.91 Å². The van der Waals surface area contributed by atoms with Crippen LogP contribution in [-0.4, -0.2) is 43.1 Å². The lowest BCUT2D eigenvalue weighted by Gasteiger charge is -2.15. The van der Waals surface area contributed by atoms with Crippen molar-refractivity contribution >= 4 is 23.3 Å². The van der Waals surface area contributed by atoms with E-state index in [0.29, 0.717) is 41.1 Å². The van der Waals surface area contributed by atoms with Crippen LogP contribution in [0.1, 0.15) is 36.2 Å². The Bertz CT molecular complexity index is 781. The van der Waals surface area contributed by atoms with Crippen molar-refractivity contribution in [3.05, 3.63) is 46.6 Å². The monoisotopic (exact) mass is 391 g/mol. The van der Waals surface area contributed by atoms with Crippen molar-refractivity contribution in [3.8, 4) is 11.5 Å². The predicted molar refractivity (Wildman–Crippen MR) is 108 cm³/mol. The Morgan fingerprint density at radius 2 is 2.00 bits per heavy atom. The summed E-state index contributed by atoms with van der Waals surface area (Å²) in [7, 11) is 3.97. The molecular weight excluding hydrogens is 366 g/mol. The summed E-state index contributed by atoms with van der Waals surface area (Å²) in [6.07, 6.45) is 2.52. The predicted octanol–water partition coefficient (Wildman–Crippen LogP) is 4.24. The fraction of sp³-hybridized carbons (Fsp3) is 0.400. The first-order valence-electron chi connectivity index (χ1n) is 8.94. The number of ether oxygens (including phenoxy) is 2. The fourth-order valence-corrected chi connectivity index (χ4v) is 2.77. The van der Waals surface area contributed by atoms with Crippen LogP contribution in [0.15, 0.2) is 30.5 Å². The molecule has 0 saturated carbocycles. The minimum Gasteiger partial charge on any atom is -0.490 e. The number of aromatic nitrogens is 1. The highest BCUT2D eigenvalue weighted by molar-refractivity contribution is 6.32. The number of nitrogens with zero attached hydrogens (tertiary/aromatic N) is 2. The van der Waals surface area contributed by atoms with E-state index in [2.05, 4.69) is 10.3 Å². The number of benzene rings is 1. The lowest BCUT2D eigenvalue weighted by atomic mass is 10.1. The number of nitrogens with one attached hydrogen (secondary N) is 1. The maximum Gasteiger partial charge on any atom is 0.257 e. The fourth-order valence-electron chi connectivity index (χ4n) is 2.50. The SMILES string of the molecule is CCCOc1c(Cl)cc(C(=O)Nc2cc(CN(C)C)ccn2)cc1OCC. The molecule has 2 rings (SSSR count). The first-order valence-corrected chi connectivity index (χ1v) is 9.32. The minimum atomic E-state index is -0.311. The summed E-state index contributed by atoms with van der Waals surface area (Å²) in [5.41, 5.74) is 1.44. The number of hydrogen-bond acceptors (Lipinski definition) is 5. The van der Waals surface area contributed by atoms with Crippen molar-refractivity contribution in [3.63, 3.8) is 0 Å². The topological polar surface area (TPSA) is 63.7 Å². The number of amides is 1. The first kappa shape index (κ1) is 21.0. The van der Waals surface area contributed by atoms with E-state index < -0.39 is 0 Å². The zero-order valence-corrected chi connectivity index (χ0v) is 17.0. The Labute approximate surface area is 165 Å². The van der Waals surface area contributed by atoms with Crippen LogP contribution >= 0.6 is 11.6 Å². The Hall–Kier alpha value is -2.31. The summed E-state index contributed by atoms with van der Waals surface area (Å²) in [6.45, 7) is 5.60. The van der Waals surface area contributed by atoms with Crippen molar-refractivity contribution in [2.75, 3.05) is 32.6 Å². The van der Waals surface area contributed by atoms with Gasteiger partial charge in [-0.15, -0.1) is 0 Å². The van der Waals surface area contributed by atoms with Gasteiger partial charge in [-0.3, -0.25) is 4.79 Å². The third kappa shape index (κ3) is 6.12. The average Bonchev–Trinajstić information content (AvgIpc) is 2.61. The van der Waals surface area contributed by atoms with Crippen molar-refractivity contribution in [2.45, 2.75) is 26.8 Å². The first-order chi connectivity index (χ1) is 12.9. The van der Waals surface area contributed by atoms with E-state index in [0.717, 1.165) is 18.5 Å². The highest BCUT2D eigenvalue weighted by atomic mass is 35.5. The molecule has 7 heteroatoms. The number of carbonyl (C=O) groups is 1. The largest absolute Gasteiger partial charge is 0.490 e. The van der Waals surface area contributed by atoms with E-state index in [-0.39, 0.29) is 5.91 Å². The highest BCUT2D eigenvalue weighted by Gasteiger charge is 2.17. The maximum atomic E-state index is 12.7. The molecule has 0 atom stereocenters. The number of rotatable bonds is 9. The molecule has 146 valence electrons. The molecule has 0 aliphatic carbocycles. The Morgan fingerprint density at radius 1 is 1.22 bits per heavy atom. The molecule has 1 amide bonds. The van der Waals surface area contributed by atoms with Crippen molar-refractivity contribution in [2.24, 2.45) is 0 Å². The molecule has 0 saturated heterocycles. The van der Waals surface area contributed by atoms with Gasteiger partial charge in [0.05, 0.1) is 18.2 Å². The second-order valence-electron chi connectivity index (χ2n) is 6.31. The molecule has 27 heavy (non-hydrogen) atoms. The highest BCUT2D eigenvalue weighted by Crippen LogP contribution is 2.37. The van der Waals surface area contributed by atoms with Gasteiger partial charge in [0.2, 0.25) is 0 Å². The summed E-state index contributed by atoms with van der Waals surface area (Å²) < 4.78 is 11.3. The van der Waals surface area contributed by atoms with Gasteiger partial charge in [-0.25, -0.2) is 4.98 Å². The van der Waals surface area contributed by atoms with Gasteiger partial charge in [0, 0.05) is 18.3 Å². The lowest BCUT2D eigenvalue weighted by molar-refractivity contribution is 0.102. The molecule has 2 aromatic rings. The molecule has 1 aromatic carbocycles. The quantitative estimate of drug-likeness (QED) is 0.692. The van der Waals surface area contributed by atoms with E-state index >= 15 is 0 Å². The van der Waals surface area contributed by atoms with E-state index in [1.54, 1.807) is 18.3 Å². The van der Waals surface area contributed by atoms with Crippen molar-refractivity contribution in [1.29, 1.82) is 0 Å². The van der Waals surface area contributed by atoms with E-state index in [1.807, 2.05) is 45.0 Å². The number of anilines is 1. The Morgan fingerprint density at radius 3 is 2.67 bits per heavy atom. The standard InChI is InChI=1S/C20H26ClN3O3/c1-5-9-27-19-16(21)11-15(12-17(19)26-6-2)20(25)23-18-10-14(7-8-22-18)13-24(3)4/h7-8,10-12H,5-6,9,13H2,1-4H3,(H,22,23,25). The second kappa shape index (κ2) is 10.1. The molecule has 1 aromatic heterocycles. The number of carbonyl (C=O) groups excluding carboxylic acids is 1. The molecule has 1 heterocycles. The van der Waals surface area contributed by atoms with Gasteiger partial charge in [0.1, 0.15) is 5.82 Å². The van der Waals surface area contributed by atoms with E-state index in [4.69, 9.17) is 21.1 Å². The molecule has 0 fully saturated rings. The second-order valence-corrected chi connectivity index (χ2v) is 6.72. The molecule has 0 spiro atoms. The van der Waals surface area contributed by atoms with E-state index in [1.165, 1.54) is 0 Å². The molecule has 0 unspecified atom stereocenters. The van der Waals surface area contributed by atoms with Gasteiger partial charge in [-0.2, -0.15) is 0 Å². The van der Waals surface area contributed by atoms with Crippen LogP contribution in [0, 0.1) is 0 Å². The van der Waals surface area contributed by atoms with Crippen LogP contribution in [0.4, 0.5) is 5.82 Å². The Kier molecular flexibility index (Phi) is 7.88. The zero-order valence-electron chi connectivity index (χ0n) is 16.2. The number of halogens is 1.